The number of hydrogen-bond donors (Lipinski definition) is 0. The third kappa shape index (κ3) is 3.35. The van der Waals surface area contributed by atoms with Crippen molar-refractivity contribution in [1.82, 2.24) is 4.98 Å². The van der Waals surface area contributed by atoms with Gasteiger partial charge >= 0.3 is 0 Å². The molecule has 0 aliphatic heterocycles. The fraction of sp³-hybridized carbons (Fsp3) is 0.154. The molecule has 0 bridgehead atoms. The Balaban J connectivity index is 2.02. The van der Waals surface area contributed by atoms with Crippen LogP contribution in [0.1, 0.15) is 11.3 Å². The number of aryl methyl sites for hydroxylation is 1. The van der Waals surface area contributed by atoms with E-state index in [1.807, 2.05) is 25.1 Å². The standard InChI is InChI=1S/C13H11Cl2NO/c1-9-2-4-11(7-16-9)17-8-10-3-5-12(14)13(15)6-10/h2-7H,8H2,1H3. The van der Waals surface area contributed by atoms with E-state index in [-0.39, 0.29) is 0 Å². The smallest absolute Gasteiger partial charge is 0.138 e. The highest BCUT2D eigenvalue weighted by Crippen LogP contribution is 2.23. The maximum absolute atomic E-state index is 5.92. The van der Waals surface area contributed by atoms with Gasteiger partial charge in [0, 0.05) is 5.69 Å². The Bertz CT molecular complexity index is 511. The molecule has 0 aliphatic rings. The van der Waals surface area contributed by atoms with Crippen LogP contribution >= 0.6 is 23.2 Å². The van der Waals surface area contributed by atoms with Gasteiger partial charge in [-0.05, 0) is 36.8 Å². The molecule has 17 heavy (non-hydrogen) atoms. The molecule has 0 amide bonds. The molecule has 0 unspecified atom stereocenters. The Morgan fingerprint density at radius 2 is 1.94 bits per heavy atom. The maximum atomic E-state index is 5.92. The second-order valence-electron chi connectivity index (χ2n) is 3.67. The van der Waals surface area contributed by atoms with Crippen molar-refractivity contribution in [3.05, 3.63) is 57.8 Å². The predicted molar refractivity (Wildman–Crippen MR) is 69.8 cm³/mol. The van der Waals surface area contributed by atoms with E-state index < -0.39 is 0 Å². The van der Waals surface area contributed by atoms with Crippen LogP contribution < -0.4 is 4.74 Å². The normalized spacial score (nSPS) is 10.3. The molecular formula is C13H11Cl2NO. The van der Waals surface area contributed by atoms with E-state index in [1.54, 1.807) is 18.3 Å². The number of ether oxygens (including phenoxy) is 1. The van der Waals surface area contributed by atoms with Gasteiger partial charge < -0.3 is 4.74 Å². The van der Waals surface area contributed by atoms with E-state index in [1.165, 1.54) is 0 Å². The van der Waals surface area contributed by atoms with Gasteiger partial charge in [-0.15, -0.1) is 0 Å². The number of pyridine rings is 1. The van der Waals surface area contributed by atoms with E-state index >= 15 is 0 Å². The average Bonchev–Trinajstić information content (AvgIpc) is 2.33. The van der Waals surface area contributed by atoms with Gasteiger partial charge in [-0.25, -0.2) is 0 Å². The molecule has 0 spiro atoms. The second-order valence-corrected chi connectivity index (χ2v) is 4.49. The van der Waals surface area contributed by atoms with Crippen LogP contribution in [0.4, 0.5) is 0 Å². The summed E-state index contributed by atoms with van der Waals surface area (Å²) in [7, 11) is 0. The Kier molecular flexibility index (Phi) is 3.87. The molecule has 0 fully saturated rings. The zero-order chi connectivity index (χ0) is 12.3. The molecule has 0 aliphatic carbocycles. The number of nitrogens with zero attached hydrogens (tertiary/aromatic N) is 1. The quantitative estimate of drug-likeness (QED) is 0.829. The predicted octanol–water partition coefficient (Wildman–Crippen LogP) is 4.28. The van der Waals surface area contributed by atoms with E-state index in [0.29, 0.717) is 16.7 Å². The zero-order valence-electron chi connectivity index (χ0n) is 9.28. The number of halogens is 2. The van der Waals surface area contributed by atoms with Gasteiger partial charge in [-0.1, -0.05) is 29.3 Å². The fourth-order valence-corrected chi connectivity index (χ4v) is 1.66. The van der Waals surface area contributed by atoms with Crippen LogP contribution in [-0.4, -0.2) is 4.98 Å². The van der Waals surface area contributed by atoms with Crippen LogP contribution in [0.3, 0.4) is 0 Å². The van der Waals surface area contributed by atoms with Crippen LogP contribution in [0.2, 0.25) is 10.0 Å². The molecular weight excluding hydrogens is 257 g/mol. The highest BCUT2D eigenvalue weighted by molar-refractivity contribution is 6.42. The average molecular weight is 268 g/mol. The minimum Gasteiger partial charge on any atom is -0.487 e. The highest BCUT2D eigenvalue weighted by atomic mass is 35.5. The summed E-state index contributed by atoms with van der Waals surface area (Å²) in [4.78, 5) is 4.15. The second kappa shape index (κ2) is 5.39. The molecule has 88 valence electrons. The minimum absolute atomic E-state index is 0.446. The molecule has 0 atom stereocenters. The van der Waals surface area contributed by atoms with Crippen molar-refractivity contribution in [1.29, 1.82) is 0 Å². The van der Waals surface area contributed by atoms with Gasteiger partial charge in [-0.3, -0.25) is 4.98 Å². The SMILES string of the molecule is Cc1ccc(OCc2ccc(Cl)c(Cl)c2)cn1. The van der Waals surface area contributed by atoms with Gasteiger partial charge in [0.25, 0.3) is 0 Å². The number of aromatic nitrogens is 1. The van der Waals surface area contributed by atoms with Crippen molar-refractivity contribution in [2.45, 2.75) is 13.5 Å². The zero-order valence-corrected chi connectivity index (χ0v) is 10.8. The van der Waals surface area contributed by atoms with Gasteiger partial charge in [-0.2, -0.15) is 0 Å². The van der Waals surface area contributed by atoms with E-state index in [2.05, 4.69) is 4.98 Å². The molecule has 0 N–H and O–H groups in total. The van der Waals surface area contributed by atoms with Crippen molar-refractivity contribution in [3.8, 4) is 5.75 Å². The summed E-state index contributed by atoms with van der Waals surface area (Å²) in [5.74, 6) is 0.738. The third-order valence-corrected chi connectivity index (χ3v) is 3.01. The minimum atomic E-state index is 0.446. The summed E-state index contributed by atoms with van der Waals surface area (Å²) >= 11 is 11.7. The summed E-state index contributed by atoms with van der Waals surface area (Å²) in [5, 5.41) is 1.09. The lowest BCUT2D eigenvalue weighted by Gasteiger charge is -2.06. The van der Waals surface area contributed by atoms with Crippen molar-refractivity contribution >= 4 is 23.2 Å². The first-order valence-electron chi connectivity index (χ1n) is 5.14. The van der Waals surface area contributed by atoms with Crippen LogP contribution in [0.15, 0.2) is 36.5 Å². The number of hydrogen-bond acceptors (Lipinski definition) is 2. The Labute approximate surface area is 110 Å². The first-order chi connectivity index (χ1) is 8.15. The molecule has 2 aromatic rings. The molecule has 0 radical (unpaired) electrons. The van der Waals surface area contributed by atoms with Crippen LogP contribution in [-0.2, 0) is 6.61 Å². The molecule has 2 nitrogen and oxygen atoms in total. The fourth-order valence-electron chi connectivity index (χ4n) is 1.34. The number of rotatable bonds is 3. The van der Waals surface area contributed by atoms with Gasteiger partial charge in [0.1, 0.15) is 12.4 Å². The summed E-state index contributed by atoms with van der Waals surface area (Å²) in [5.41, 5.74) is 1.94. The lowest BCUT2D eigenvalue weighted by atomic mass is 10.2. The van der Waals surface area contributed by atoms with Gasteiger partial charge in [0.05, 0.1) is 16.2 Å². The first-order valence-corrected chi connectivity index (χ1v) is 5.90. The third-order valence-electron chi connectivity index (χ3n) is 2.27. The molecule has 1 aromatic heterocycles. The molecule has 0 saturated carbocycles. The topological polar surface area (TPSA) is 22.1 Å². The molecule has 4 heteroatoms. The van der Waals surface area contributed by atoms with E-state index in [9.17, 15) is 0 Å². The van der Waals surface area contributed by atoms with Gasteiger partial charge in [0.15, 0.2) is 0 Å². The van der Waals surface area contributed by atoms with E-state index in [4.69, 9.17) is 27.9 Å². The van der Waals surface area contributed by atoms with Crippen LogP contribution in [0.25, 0.3) is 0 Å². The molecule has 1 heterocycles. The maximum Gasteiger partial charge on any atom is 0.138 e. The number of benzene rings is 1. The summed E-state index contributed by atoms with van der Waals surface area (Å²) < 4.78 is 5.58. The van der Waals surface area contributed by atoms with Crippen molar-refractivity contribution in [2.75, 3.05) is 0 Å². The van der Waals surface area contributed by atoms with Crippen molar-refractivity contribution in [2.24, 2.45) is 0 Å². The monoisotopic (exact) mass is 267 g/mol. The molecule has 1 aromatic carbocycles. The summed E-state index contributed by atoms with van der Waals surface area (Å²) in [6.07, 6.45) is 1.70. The summed E-state index contributed by atoms with van der Waals surface area (Å²) in [6.45, 7) is 2.38. The van der Waals surface area contributed by atoms with E-state index in [0.717, 1.165) is 17.0 Å². The Morgan fingerprint density at radius 3 is 2.59 bits per heavy atom. The van der Waals surface area contributed by atoms with Crippen molar-refractivity contribution in [3.63, 3.8) is 0 Å². The Morgan fingerprint density at radius 1 is 1.12 bits per heavy atom. The largest absolute Gasteiger partial charge is 0.487 e. The highest BCUT2D eigenvalue weighted by Gasteiger charge is 2.00. The lowest BCUT2D eigenvalue weighted by Crippen LogP contribution is -1.96. The first kappa shape index (κ1) is 12.2. The van der Waals surface area contributed by atoms with Gasteiger partial charge in [0.2, 0.25) is 0 Å². The van der Waals surface area contributed by atoms with Crippen LogP contribution in [0.5, 0.6) is 5.75 Å². The molecule has 2 rings (SSSR count). The van der Waals surface area contributed by atoms with Crippen LogP contribution in [0, 0.1) is 6.92 Å². The lowest BCUT2D eigenvalue weighted by molar-refractivity contribution is 0.305. The van der Waals surface area contributed by atoms with Crippen molar-refractivity contribution < 1.29 is 4.74 Å². The summed E-state index contributed by atoms with van der Waals surface area (Å²) in [6, 6.07) is 9.24. The Hall–Kier alpha value is -1.25. The molecule has 0 saturated heterocycles.